The molecule has 10 nitrogen and oxygen atoms in total. The third kappa shape index (κ3) is 38.8. The zero-order valence-electron chi connectivity index (χ0n) is 34.1. The molecule has 0 aromatic carbocycles. The number of phosphoric acid groups is 1. The fourth-order valence-corrected chi connectivity index (χ4v) is 6.65. The van der Waals surface area contributed by atoms with E-state index in [1.165, 1.54) is 89.9 Å². The minimum absolute atomic E-state index is 0.116. The van der Waals surface area contributed by atoms with E-state index >= 15 is 0 Å². The Morgan fingerprint density at radius 3 is 1.55 bits per heavy atom. The lowest BCUT2D eigenvalue weighted by atomic mass is 10.0. The van der Waals surface area contributed by atoms with Crippen molar-refractivity contribution in [1.82, 2.24) is 0 Å². The molecule has 0 bridgehead atoms. The molecule has 0 aromatic rings. The van der Waals surface area contributed by atoms with Gasteiger partial charge in [-0.1, -0.05) is 168 Å². The molecular formula is C42H81O10P. The maximum atomic E-state index is 12.4. The number of allylic oxidation sites excluding steroid dienone is 1. The summed E-state index contributed by atoms with van der Waals surface area (Å²) in [5, 5.41) is 20.3. The highest BCUT2D eigenvalue weighted by Crippen LogP contribution is 2.36. The van der Waals surface area contributed by atoms with Gasteiger partial charge >= 0.3 is 19.8 Å². The second-order valence-corrected chi connectivity index (χ2v) is 16.7. The lowest BCUT2D eigenvalue weighted by Crippen LogP contribution is -2.29. The van der Waals surface area contributed by atoms with E-state index in [1.807, 2.05) is 6.08 Å². The van der Waals surface area contributed by atoms with Gasteiger partial charge in [0.15, 0.2) is 6.10 Å². The van der Waals surface area contributed by atoms with Crippen LogP contribution in [0, 0.1) is 5.92 Å². The van der Waals surface area contributed by atoms with E-state index < -0.39 is 44.7 Å². The van der Waals surface area contributed by atoms with Crippen LogP contribution in [0.4, 0.5) is 0 Å². The van der Waals surface area contributed by atoms with Crippen molar-refractivity contribution < 1.29 is 48.2 Å². The molecule has 0 aliphatic carbocycles. The molecule has 0 heterocycles. The standard InChI is InChI=1S/C42H81O10P/c1-4-5-6-7-21-26-31-39(43)40(44)32-27-22-19-24-29-34-42(46)52-38(36-51-53(47,48)49)35-50-41(45)33-28-23-18-16-14-12-10-8-9-11-13-15-17-20-25-30-37(2)3/h21,26,37-40,43-44H,4-20,22-25,27-36H2,1-3H3,(H2,47,48,49)/b26-21-/t38-,39+,40+/m1/s1. The lowest BCUT2D eigenvalue weighted by Gasteiger charge is -2.18. The van der Waals surface area contributed by atoms with Crippen molar-refractivity contribution in [3.8, 4) is 0 Å². The van der Waals surface area contributed by atoms with Crippen LogP contribution in [0.25, 0.3) is 0 Å². The van der Waals surface area contributed by atoms with Crippen LogP contribution in [0.5, 0.6) is 0 Å². The highest BCUT2D eigenvalue weighted by molar-refractivity contribution is 7.46. The van der Waals surface area contributed by atoms with E-state index in [0.717, 1.165) is 63.7 Å². The second kappa shape index (κ2) is 36.4. The summed E-state index contributed by atoms with van der Waals surface area (Å²) in [5.41, 5.74) is 0. The molecule has 11 heteroatoms. The molecule has 0 aliphatic heterocycles. The molecule has 0 radical (unpaired) electrons. The van der Waals surface area contributed by atoms with E-state index in [-0.39, 0.29) is 19.4 Å². The molecule has 0 fully saturated rings. The molecule has 0 saturated heterocycles. The van der Waals surface area contributed by atoms with Gasteiger partial charge in [-0.25, -0.2) is 4.57 Å². The van der Waals surface area contributed by atoms with Gasteiger partial charge in [-0.15, -0.1) is 0 Å². The smallest absolute Gasteiger partial charge is 0.462 e. The van der Waals surface area contributed by atoms with Gasteiger partial charge in [0.2, 0.25) is 0 Å². The Morgan fingerprint density at radius 2 is 1.06 bits per heavy atom. The first-order chi connectivity index (χ1) is 25.4. The summed E-state index contributed by atoms with van der Waals surface area (Å²) in [6.07, 6.45) is 31.0. The van der Waals surface area contributed by atoms with Gasteiger partial charge in [0, 0.05) is 12.8 Å². The minimum atomic E-state index is -4.79. The van der Waals surface area contributed by atoms with Crippen molar-refractivity contribution in [2.45, 2.75) is 225 Å². The zero-order chi connectivity index (χ0) is 39.4. The highest BCUT2D eigenvalue weighted by Gasteiger charge is 2.23. The molecule has 0 unspecified atom stereocenters. The van der Waals surface area contributed by atoms with Gasteiger partial charge in [0.05, 0.1) is 18.8 Å². The number of rotatable bonds is 39. The van der Waals surface area contributed by atoms with Crippen molar-refractivity contribution in [2.24, 2.45) is 5.92 Å². The van der Waals surface area contributed by atoms with E-state index in [0.29, 0.717) is 25.7 Å². The van der Waals surface area contributed by atoms with Crippen LogP contribution < -0.4 is 0 Å². The number of hydrogen-bond acceptors (Lipinski definition) is 8. The summed E-state index contributed by atoms with van der Waals surface area (Å²) in [4.78, 5) is 42.9. The van der Waals surface area contributed by atoms with Crippen LogP contribution >= 0.6 is 7.82 Å². The SMILES string of the molecule is CCCCC/C=C\C[C@H](O)[C@@H](O)CCCCCCCC(=O)O[C@H](COC(=O)CCCCCCCCCCCCCCCCCC(C)C)COP(=O)(O)O. The summed E-state index contributed by atoms with van der Waals surface area (Å²) in [6, 6.07) is 0. The second-order valence-electron chi connectivity index (χ2n) is 15.5. The van der Waals surface area contributed by atoms with Crippen LogP contribution in [-0.4, -0.2) is 63.5 Å². The number of unbranched alkanes of at least 4 members (excludes halogenated alkanes) is 21. The Hall–Kier alpha value is -1.29. The average molecular weight is 777 g/mol. The average Bonchev–Trinajstić information content (AvgIpc) is 3.11. The zero-order valence-corrected chi connectivity index (χ0v) is 35.0. The Kier molecular flexibility index (Phi) is 35.5. The molecule has 0 aromatic heterocycles. The van der Waals surface area contributed by atoms with Gasteiger partial charge in [-0.05, 0) is 44.4 Å². The Bertz CT molecular complexity index is 922. The van der Waals surface area contributed by atoms with Gasteiger partial charge in [0.25, 0.3) is 0 Å². The summed E-state index contributed by atoms with van der Waals surface area (Å²) in [7, 11) is -4.79. The first kappa shape index (κ1) is 51.7. The molecule has 3 atom stereocenters. The highest BCUT2D eigenvalue weighted by atomic mass is 31.2. The van der Waals surface area contributed by atoms with Crippen LogP contribution in [-0.2, 0) is 28.2 Å². The molecule has 0 amide bonds. The lowest BCUT2D eigenvalue weighted by molar-refractivity contribution is -0.161. The molecule has 0 saturated carbocycles. The number of carbonyl (C=O) groups is 2. The fraction of sp³-hybridized carbons (Fsp3) is 0.905. The van der Waals surface area contributed by atoms with Gasteiger partial charge < -0.3 is 29.5 Å². The summed E-state index contributed by atoms with van der Waals surface area (Å²) >= 11 is 0. The summed E-state index contributed by atoms with van der Waals surface area (Å²) in [5.74, 6) is -0.158. The first-order valence-corrected chi connectivity index (χ1v) is 23.0. The number of phosphoric ester groups is 1. The summed E-state index contributed by atoms with van der Waals surface area (Å²) in [6.45, 7) is 5.86. The number of aliphatic hydroxyl groups excluding tert-OH is 2. The predicted octanol–water partition coefficient (Wildman–Crippen LogP) is 10.8. The molecule has 0 spiro atoms. The first-order valence-electron chi connectivity index (χ1n) is 21.5. The number of aliphatic hydroxyl groups is 2. The molecule has 53 heavy (non-hydrogen) atoms. The normalized spacial score (nSPS) is 13.8. The topological polar surface area (TPSA) is 160 Å². The van der Waals surface area contributed by atoms with Gasteiger partial charge in [-0.3, -0.25) is 14.1 Å². The number of hydrogen-bond donors (Lipinski definition) is 4. The maximum absolute atomic E-state index is 12.4. The van der Waals surface area contributed by atoms with Crippen molar-refractivity contribution in [2.75, 3.05) is 13.2 Å². The largest absolute Gasteiger partial charge is 0.469 e. The number of carbonyl (C=O) groups excluding carboxylic acids is 2. The third-order valence-electron chi connectivity index (χ3n) is 9.66. The van der Waals surface area contributed by atoms with Crippen molar-refractivity contribution in [1.29, 1.82) is 0 Å². The minimum Gasteiger partial charge on any atom is -0.462 e. The van der Waals surface area contributed by atoms with Crippen LogP contribution in [0.1, 0.15) is 207 Å². The van der Waals surface area contributed by atoms with E-state index in [1.54, 1.807) is 0 Å². The molecule has 4 N–H and O–H groups in total. The van der Waals surface area contributed by atoms with Gasteiger partial charge in [-0.2, -0.15) is 0 Å². The van der Waals surface area contributed by atoms with E-state index in [9.17, 15) is 24.4 Å². The van der Waals surface area contributed by atoms with E-state index in [4.69, 9.17) is 19.3 Å². The number of ether oxygens (including phenoxy) is 2. The predicted molar refractivity (Wildman–Crippen MR) is 214 cm³/mol. The molecular weight excluding hydrogens is 695 g/mol. The molecule has 0 rings (SSSR count). The fourth-order valence-electron chi connectivity index (χ4n) is 6.29. The van der Waals surface area contributed by atoms with Crippen molar-refractivity contribution in [3.63, 3.8) is 0 Å². The Morgan fingerprint density at radius 1 is 0.585 bits per heavy atom. The Labute approximate surface area is 323 Å². The van der Waals surface area contributed by atoms with Crippen LogP contribution in [0.3, 0.4) is 0 Å². The van der Waals surface area contributed by atoms with E-state index in [2.05, 4.69) is 31.4 Å². The summed E-state index contributed by atoms with van der Waals surface area (Å²) < 4.78 is 26.3. The maximum Gasteiger partial charge on any atom is 0.469 e. The van der Waals surface area contributed by atoms with Crippen LogP contribution in [0.2, 0.25) is 0 Å². The van der Waals surface area contributed by atoms with Gasteiger partial charge in [0.1, 0.15) is 6.61 Å². The van der Waals surface area contributed by atoms with Crippen molar-refractivity contribution >= 4 is 19.8 Å². The van der Waals surface area contributed by atoms with Crippen LogP contribution in [0.15, 0.2) is 12.2 Å². The Balaban J connectivity index is 3.99. The number of esters is 2. The quantitative estimate of drug-likeness (QED) is 0.0205. The monoisotopic (exact) mass is 777 g/mol. The van der Waals surface area contributed by atoms with Crippen molar-refractivity contribution in [3.05, 3.63) is 12.2 Å². The third-order valence-corrected chi connectivity index (χ3v) is 10.1. The molecule has 0 aliphatic rings. The molecule has 314 valence electrons.